The smallest absolute Gasteiger partial charge is 0.254 e. The van der Waals surface area contributed by atoms with Crippen LogP contribution in [0.1, 0.15) is 16.1 Å². The van der Waals surface area contributed by atoms with E-state index in [4.69, 9.17) is 20.9 Å². The zero-order valence-corrected chi connectivity index (χ0v) is 13.6. The molecule has 2 heterocycles. The van der Waals surface area contributed by atoms with E-state index >= 15 is 0 Å². The number of methoxy groups -OCH3 is 1. The summed E-state index contributed by atoms with van der Waals surface area (Å²) in [4.78, 5) is 16.0. The number of rotatable bonds is 5. The Hall–Kier alpha value is -2.86. The van der Waals surface area contributed by atoms with Crippen LogP contribution in [0.5, 0.6) is 5.75 Å². The lowest BCUT2D eigenvalue weighted by molar-refractivity contribution is 0.0947. The second-order valence-corrected chi connectivity index (χ2v) is 5.26. The Morgan fingerprint density at radius 2 is 2.12 bits per heavy atom. The molecule has 0 radical (unpaired) electrons. The van der Waals surface area contributed by atoms with Gasteiger partial charge in [-0.1, -0.05) is 28.9 Å². The first-order valence-electron chi connectivity index (χ1n) is 7.16. The van der Waals surface area contributed by atoms with E-state index in [1.54, 1.807) is 25.3 Å². The first-order chi connectivity index (χ1) is 11.7. The van der Waals surface area contributed by atoms with E-state index in [1.807, 2.05) is 24.3 Å². The van der Waals surface area contributed by atoms with Crippen molar-refractivity contribution in [2.45, 2.75) is 6.54 Å². The van der Waals surface area contributed by atoms with E-state index in [-0.39, 0.29) is 17.6 Å². The molecule has 1 amide bonds. The number of benzene rings is 1. The number of halogens is 1. The summed E-state index contributed by atoms with van der Waals surface area (Å²) in [7, 11) is 1.59. The fourth-order valence-electron chi connectivity index (χ4n) is 2.20. The Kier molecular flexibility index (Phi) is 4.77. The highest BCUT2D eigenvalue weighted by Crippen LogP contribution is 2.28. The van der Waals surface area contributed by atoms with Gasteiger partial charge in [0.15, 0.2) is 5.76 Å². The predicted molar refractivity (Wildman–Crippen MR) is 88.9 cm³/mol. The Morgan fingerprint density at radius 1 is 1.29 bits per heavy atom. The molecule has 6 nitrogen and oxygen atoms in total. The molecule has 1 N–H and O–H groups in total. The number of hydrogen-bond acceptors (Lipinski definition) is 5. The van der Waals surface area contributed by atoms with Gasteiger partial charge in [0.2, 0.25) is 0 Å². The molecule has 0 saturated carbocycles. The summed E-state index contributed by atoms with van der Waals surface area (Å²) in [6.07, 6.45) is 1.52. The van der Waals surface area contributed by atoms with Gasteiger partial charge in [-0.2, -0.15) is 0 Å². The summed E-state index contributed by atoms with van der Waals surface area (Å²) in [6.45, 7) is 0.187. The van der Waals surface area contributed by atoms with Crippen molar-refractivity contribution in [2.75, 3.05) is 7.11 Å². The largest absolute Gasteiger partial charge is 0.496 e. The number of nitrogens with one attached hydrogen (secondary N) is 1. The first kappa shape index (κ1) is 16.0. The molecule has 2 aromatic heterocycles. The molecular weight excluding hydrogens is 330 g/mol. The van der Waals surface area contributed by atoms with Gasteiger partial charge >= 0.3 is 0 Å². The van der Waals surface area contributed by atoms with Crippen LogP contribution in [-0.2, 0) is 6.54 Å². The summed E-state index contributed by atoms with van der Waals surface area (Å²) >= 11 is 5.90. The molecule has 0 atom stereocenters. The van der Waals surface area contributed by atoms with E-state index in [1.165, 1.54) is 6.20 Å². The number of para-hydroxylation sites is 1. The number of aromatic nitrogens is 2. The van der Waals surface area contributed by atoms with Crippen molar-refractivity contribution in [1.82, 2.24) is 15.5 Å². The van der Waals surface area contributed by atoms with Gasteiger partial charge < -0.3 is 14.6 Å². The van der Waals surface area contributed by atoms with Crippen LogP contribution in [0.15, 0.2) is 53.2 Å². The number of carbonyl (C=O) groups is 1. The number of ether oxygens (including phenoxy) is 1. The number of pyridine rings is 1. The third kappa shape index (κ3) is 3.38. The van der Waals surface area contributed by atoms with E-state index in [0.29, 0.717) is 22.8 Å². The molecule has 0 fully saturated rings. The van der Waals surface area contributed by atoms with Crippen molar-refractivity contribution in [2.24, 2.45) is 0 Å². The third-order valence-corrected chi connectivity index (χ3v) is 3.67. The fourth-order valence-corrected chi connectivity index (χ4v) is 2.40. The average molecular weight is 344 g/mol. The van der Waals surface area contributed by atoms with Crippen LogP contribution >= 0.6 is 11.6 Å². The molecule has 7 heteroatoms. The zero-order chi connectivity index (χ0) is 16.9. The minimum atomic E-state index is -0.330. The van der Waals surface area contributed by atoms with Crippen molar-refractivity contribution in [3.8, 4) is 17.0 Å². The zero-order valence-electron chi connectivity index (χ0n) is 12.8. The van der Waals surface area contributed by atoms with Gasteiger partial charge in [-0.25, -0.2) is 4.98 Å². The topological polar surface area (TPSA) is 77.2 Å². The van der Waals surface area contributed by atoms with E-state index in [9.17, 15) is 4.79 Å². The molecule has 0 saturated heterocycles. The molecule has 0 aliphatic carbocycles. The molecule has 24 heavy (non-hydrogen) atoms. The van der Waals surface area contributed by atoms with Gasteiger partial charge in [0.1, 0.15) is 16.6 Å². The lowest BCUT2D eigenvalue weighted by Crippen LogP contribution is -2.23. The van der Waals surface area contributed by atoms with Gasteiger partial charge in [-0.05, 0) is 24.3 Å². The second-order valence-electron chi connectivity index (χ2n) is 4.90. The van der Waals surface area contributed by atoms with Crippen LogP contribution in [0, 0.1) is 0 Å². The summed E-state index contributed by atoms with van der Waals surface area (Å²) in [5, 5.41) is 6.89. The van der Waals surface area contributed by atoms with Gasteiger partial charge in [-0.3, -0.25) is 4.79 Å². The molecular formula is C17H14ClN3O3. The SMILES string of the molecule is COc1ccccc1-c1cc(CNC(=O)c2cccnc2Cl)on1. The molecule has 0 unspecified atom stereocenters. The van der Waals surface area contributed by atoms with Crippen molar-refractivity contribution in [1.29, 1.82) is 0 Å². The van der Waals surface area contributed by atoms with Crippen LogP contribution in [0.2, 0.25) is 5.15 Å². The number of nitrogens with zero attached hydrogens (tertiary/aromatic N) is 2. The Morgan fingerprint density at radius 3 is 2.92 bits per heavy atom. The van der Waals surface area contributed by atoms with E-state index < -0.39 is 0 Å². The molecule has 1 aromatic carbocycles. The summed E-state index contributed by atoms with van der Waals surface area (Å²) in [6, 6.07) is 12.5. The predicted octanol–water partition coefficient (Wildman–Crippen LogP) is 3.33. The van der Waals surface area contributed by atoms with Crippen molar-refractivity contribution in [3.05, 3.63) is 65.1 Å². The summed E-state index contributed by atoms with van der Waals surface area (Å²) in [5.74, 6) is 0.885. The molecule has 0 bridgehead atoms. The highest BCUT2D eigenvalue weighted by Gasteiger charge is 2.14. The minimum absolute atomic E-state index is 0.155. The maximum Gasteiger partial charge on any atom is 0.254 e. The second kappa shape index (κ2) is 7.14. The van der Waals surface area contributed by atoms with Gasteiger partial charge in [0, 0.05) is 17.8 Å². The van der Waals surface area contributed by atoms with Crippen LogP contribution in [0.25, 0.3) is 11.3 Å². The highest BCUT2D eigenvalue weighted by molar-refractivity contribution is 6.32. The molecule has 3 rings (SSSR count). The Balaban J connectivity index is 1.71. The molecule has 0 aliphatic rings. The third-order valence-electron chi connectivity index (χ3n) is 3.37. The van der Waals surface area contributed by atoms with Gasteiger partial charge in [0.25, 0.3) is 5.91 Å². The van der Waals surface area contributed by atoms with Crippen LogP contribution in [0.4, 0.5) is 0 Å². The summed E-state index contributed by atoms with van der Waals surface area (Å²) in [5.41, 5.74) is 1.76. The number of hydrogen-bond donors (Lipinski definition) is 1. The van der Waals surface area contributed by atoms with Gasteiger partial charge in [-0.15, -0.1) is 0 Å². The van der Waals surface area contributed by atoms with Crippen molar-refractivity contribution >= 4 is 17.5 Å². The fraction of sp³-hybridized carbons (Fsp3) is 0.118. The van der Waals surface area contributed by atoms with Gasteiger partial charge in [0.05, 0.1) is 19.2 Å². The average Bonchev–Trinajstić information content (AvgIpc) is 3.09. The highest BCUT2D eigenvalue weighted by atomic mass is 35.5. The maximum atomic E-state index is 12.1. The number of carbonyl (C=O) groups excluding carboxylic acids is 1. The maximum absolute atomic E-state index is 12.1. The molecule has 0 spiro atoms. The Labute approximate surface area is 143 Å². The molecule has 122 valence electrons. The minimum Gasteiger partial charge on any atom is -0.496 e. The van der Waals surface area contributed by atoms with Crippen LogP contribution in [0.3, 0.4) is 0 Å². The number of amides is 1. The van der Waals surface area contributed by atoms with E-state index in [2.05, 4.69) is 15.5 Å². The standard InChI is InChI=1S/C17H14ClN3O3/c1-23-15-7-3-2-5-12(15)14-9-11(24-21-14)10-20-17(22)13-6-4-8-19-16(13)18/h2-9H,10H2,1H3,(H,20,22). The van der Waals surface area contributed by atoms with Crippen LogP contribution in [-0.4, -0.2) is 23.2 Å². The Bertz CT molecular complexity index is 864. The lowest BCUT2D eigenvalue weighted by Gasteiger charge is -2.04. The normalized spacial score (nSPS) is 10.4. The molecule has 3 aromatic rings. The van der Waals surface area contributed by atoms with E-state index in [0.717, 1.165) is 5.56 Å². The lowest BCUT2D eigenvalue weighted by atomic mass is 10.1. The van der Waals surface area contributed by atoms with Crippen molar-refractivity contribution < 1.29 is 14.1 Å². The first-order valence-corrected chi connectivity index (χ1v) is 7.54. The van der Waals surface area contributed by atoms with Crippen molar-refractivity contribution in [3.63, 3.8) is 0 Å². The molecule has 0 aliphatic heterocycles. The quantitative estimate of drug-likeness (QED) is 0.719. The monoisotopic (exact) mass is 343 g/mol. The van der Waals surface area contributed by atoms with Crippen LogP contribution < -0.4 is 10.1 Å². The summed E-state index contributed by atoms with van der Waals surface area (Å²) < 4.78 is 10.6.